The van der Waals surface area contributed by atoms with Crippen LogP contribution in [0.25, 0.3) is 5.82 Å². The molecule has 0 amide bonds. The summed E-state index contributed by atoms with van der Waals surface area (Å²) in [5.74, 6) is 2.45. The summed E-state index contributed by atoms with van der Waals surface area (Å²) in [6.07, 6.45) is 1.62. The fourth-order valence-electron chi connectivity index (χ4n) is 2.04. The van der Waals surface area contributed by atoms with Crippen LogP contribution in [-0.4, -0.2) is 37.1 Å². The number of anilines is 1. The smallest absolute Gasteiger partial charge is 0.222 e. The largest absolute Gasteiger partial charge is 0.493 e. The van der Waals surface area contributed by atoms with Crippen LogP contribution in [0.4, 0.5) is 5.95 Å². The summed E-state index contributed by atoms with van der Waals surface area (Å²) in [6, 6.07) is 9.80. The average Bonchev–Trinajstić information content (AvgIpc) is 3.01. The highest BCUT2D eigenvalue weighted by molar-refractivity contribution is 7.99. The van der Waals surface area contributed by atoms with Crippen molar-refractivity contribution in [3.8, 4) is 11.6 Å². The third kappa shape index (κ3) is 4.23. The standard InChI is InChI=1S/C16H18N6OS/c1-11-3-5-13(6-4-11)23-7-8-24-16-18-10-22(21-16)14-9-12(2)19-15(17)20-14/h3-6,9-10H,7-8H2,1-2H3,(H2,17,19,20). The van der Waals surface area contributed by atoms with Crippen molar-refractivity contribution < 1.29 is 4.74 Å². The first-order valence-corrected chi connectivity index (χ1v) is 8.44. The topological polar surface area (TPSA) is 91.7 Å². The first kappa shape index (κ1) is 16.3. The fraction of sp³-hybridized carbons (Fsp3) is 0.250. The van der Waals surface area contributed by atoms with E-state index >= 15 is 0 Å². The number of nitrogens with two attached hydrogens (primary N) is 1. The third-order valence-corrected chi connectivity index (χ3v) is 3.98. The van der Waals surface area contributed by atoms with Crippen molar-refractivity contribution in [2.75, 3.05) is 18.1 Å². The molecule has 2 heterocycles. The van der Waals surface area contributed by atoms with E-state index in [1.54, 1.807) is 17.1 Å². The Balaban J connectivity index is 1.53. The van der Waals surface area contributed by atoms with Crippen LogP contribution in [0, 0.1) is 13.8 Å². The molecule has 3 aromatic rings. The van der Waals surface area contributed by atoms with Gasteiger partial charge in [0.15, 0.2) is 5.82 Å². The number of hydrogen-bond donors (Lipinski definition) is 1. The van der Waals surface area contributed by atoms with E-state index in [1.807, 2.05) is 38.1 Å². The third-order valence-electron chi connectivity index (χ3n) is 3.17. The first-order chi connectivity index (χ1) is 11.6. The Morgan fingerprint density at radius 3 is 2.71 bits per heavy atom. The Hall–Kier alpha value is -2.61. The summed E-state index contributed by atoms with van der Waals surface area (Å²) < 4.78 is 7.28. The van der Waals surface area contributed by atoms with Gasteiger partial charge in [0.05, 0.1) is 6.61 Å². The van der Waals surface area contributed by atoms with E-state index in [0.717, 1.165) is 17.2 Å². The first-order valence-electron chi connectivity index (χ1n) is 7.45. The van der Waals surface area contributed by atoms with E-state index < -0.39 is 0 Å². The minimum absolute atomic E-state index is 0.223. The summed E-state index contributed by atoms with van der Waals surface area (Å²) in [6.45, 7) is 4.49. The van der Waals surface area contributed by atoms with Crippen LogP contribution < -0.4 is 10.5 Å². The molecule has 24 heavy (non-hydrogen) atoms. The van der Waals surface area contributed by atoms with Crippen LogP contribution in [-0.2, 0) is 0 Å². The van der Waals surface area contributed by atoms with Gasteiger partial charge in [-0.1, -0.05) is 29.5 Å². The van der Waals surface area contributed by atoms with Crippen LogP contribution in [0.5, 0.6) is 5.75 Å². The highest BCUT2D eigenvalue weighted by Gasteiger charge is 2.06. The number of rotatable bonds is 6. The van der Waals surface area contributed by atoms with Gasteiger partial charge in [-0.25, -0.2) is 14.6 Å². The maximum absolute atomic E-state index is 5.69. The lowest BCUT2D eigenvalue weighted by Crippen LogP contribution is -2.04. The monoisotopic (exact) mass is 342 g/mol. The molecule has 0 bridgehead atoms. The molecule has 3 rings (SSSR count). The van der Waals surface area contributed by atoms with Crippen molar-refractivity contribution in [3.05, 3.63) is 47.9 Å². The van der Waals surface area contributed by atoms with Gasteiger partial charge in [-0.3, -0.25) is 0 Å². The molecule has 124 valence electrons. The Labute approximate surface area is 144 Å². The number of ether oxygens (including phenoxy) is 1. The molecule has 0 spiro atoms. The number of thioether (sulfide) groups is 1. The van der Waals surface area contributed by atoms with Gasteiger partial charge >= 0.3 is 0 Å². The highest BCUT2D eigenvalue weighted by Crippen LogP contribution is 2.16. The molecule has 0 fully saturated rings. The molecule has 0 atom stereocenters. The summed E-state index contributed by atoms with van der Waals surface area (Å²) >= 11 is 1.52. The molecule has 0 saturated heterocycles. The van der Waals surface area contributed by atoms with Gasteiger partial charge in [0.25, 0.3) is 0 Å². The van der Waals surface area contributed by atoms with E-state index in [4.69, 9.17) is 10.5 Å². The lowest BCUT2D eigenvalue weighted by Gasteiger charge is -2.05. The molecule has 8 heteroatoms. The molecule has 0 unspecified atom stereocenters. The van der Waals surface area contributed by atoms with Gasteiger partial charge in [0, 0.05) is 17.5 Å². The van der Waals surface area contributed by atoms with Crippen LogP contribution >= 0.6 is 11.8 Å². The van der Waals surface area contributed by atoms with Gasteiger partial charge in [0.2, 0.25) is 11.1 Å². The second kappa shape index (κ2) is 7.31. The van der Waals surface area contributed by atoms with Crippen molar-refractivity contribution in [2.24, 2.45) is 0 Å². The Morgan fingerprint density at radius 2 is 1.96 bits per heavy atom. The number of nitrogens with zero attached hydrogens (tertiary/aromatic N) is 5. The van der Waals surface area contributed by atoms with Gasteiger partial charge in [-0.05, 0) is 26.0 Å². The second-order valence-corrected chi connectivity index (χ2v) is 6.27. The Morgan fingerprint density at radius 1 is 1.17 bits per heavy atom. The van der Waals surface area contributed by atoms with Crippen molar-refractivity contribution in [3.63, 3.8) is 0 Å². The summed E-state index contributed by atoms with van der Waals surface area (Å²) in [7, 11) is 0. The minimum Gasteiger partial charge on any atom is -0.493 e. The van der Waals surface area contributed by atoms with Crippen molar-refractivity contribution in [1.29, 1.82) is 0 Å². The van der Waals surface area contributed by atoms with E-state index in [0.29, 0.717) is 17.6 Å². The molecule has 0 radical (unpaired) electrons. The molecule has 0 saturated carbocycles. The predicted octanol–water partition coefficient (Wildman–Crippen LogP) is 2.43. The summed E-state index contributed by atoms with van der Waals surface area (Å²) in [5, 5.41) is 5.05. The predicted molar refractivity (Wildman–Crippen MR) is 93.5 cm³/mol. The zero-order valence-corrected chi connectivity index (χ0v) is 14.3. The Bertz CT molecular complexity index is 797. The second-order valence-electron chi connectivity index (χ2n) is 5.21. The number of aromatic nitrogens is 5. The molecule has 1 aromatic carbocycles. The van der Waals surface area contributed by atoms with Crippen LogP contribution in [0.3, 0.4) is 0 Å². The molecule has 0 aliphatic heterocycles. The van der Waals surface area contributed by atoms with E-state index in [-0.39, 0.29) is 5.95 Å². The number of hydrogen-bond acceptors (Lipinski definition) is 7. The van der Waals surface area contributed by atoms with Crippen molar-refractivity contribution in [2.45, 2.75) is 19.0 Å². The molecule has 2 aromatic heterocycles. The highest BCUT2D eigenvalue weighted by atomic mass is 32.2. The fourth-order valence-corrected chi connectivity index (χ4v) is 2.66. The maximum Gasteiger partial charge on any atom is 0.222 e. The van der Waals surface area contributed by atoms with E-state index in [2.05, 4.69) is 20.1 Å². The number of nitrogen functional groups attached to an aromatic ring is 1. The molecular weight excluding hydrogens is 324 g/mol. The van der Waals surface area contributed by atoms with Crippen LogP contribution in [0.1, 0.15) is 11.3 Å². The zero-order chi connectivity index (χ0) is 16.9. The normalized spacial score (nSPS) is 10.8. The molecule has 0 aliphatic rings. The van der Waals surface area contributed by atoms with Gasteiger partial charge < -0.3 is 10.5 Å². The molecule has 7 nitrogen and oxygen atoms in total. The van der Waals surface area contributed by atoms with Crippen LogP contribution in [0.2, 0.25) is 0 Å². The SMILES string of the molecule is Cc1ccc(OCCSc2ncn(-c3cc(C)nc(N)n3)n2)cc1. The lowest BCUT2D eigenvalue weighted by molar-refractivity contribution is 0.344. The summed E-state index contributed by atoms with van der Waals surface area (Å²) in [5.41, 5.74) is 7.66. The lowest BCUT2D eigenvalue weighted by atomic mass is 10.2. The number of aryl methyl sites for hydroxylation is 2. The molecule has 2 N–H and O–H groups in total. The van der Waals surface area contributed by atoms with E-state index in [9.17, 15) is 0 Å². The van der Waals surface area contributed by atoms with Crippen LogP contribution in [0.15, 0.2) is 41.8 Å². The van der Waals surface area contributed by atoms with Gasteiger partial charge in [0.1, 0.15) is 12.1 Å². The van der Waals surface area contributed by atoms with Crippen molar-refractivity contribution >= 4 is 17.7 Å². The van der Waals surface area contributed by atoms with Gasteiger partial charge in [-0.2, -0.15) is 4.98 Å². The minimum atomic E-state index is 0.223. The van der Waals surface area contributed by atoms with Crippen molar-refractivity contribution in [1.82, 2.24) is 24.7 Å². The summed E-state index contributed by atoms with van der Waals surface area (Å²) in [4.78, 5) is 12.5. The average molecular weight is 342 g/mol. The number of benzene rings is 1. The maximum atomic E-state index is 5.69. The quantitative estimate of drug-likeness (QED) is 0.543. The van der Waals surface area contributed by atoms with Gasteiger partial charge in [-0.15, -0.1) is 5.10 Å². The van der Waals surface area contributed by atoms with E-state index in [1.165, 1.54) is 17.3 Å². The molecule has 0 aliphatic carbocycles. The zero-order valence-electron chi connectivity index (χ0n) is 13.5. The molecular formula is C16H18N6OS. The Kier molecular flexibility index (Phi) is 4.95.